The lowest BCUT2D eigenvalue weighted by atomic mass is 10.2. The highest BCUT2D eigenvalue weighted by Gasteiger charge is 2.13. The number of nitrogens with two attached hydrogens (primary N) is 1. The predicted octanol–water partition coefficient (Wildman–Crippen LogP) is 1.49. The lowest BCUT2D eigenvalue weighted by molar-refractivity contribution is -0.125. The van der Waals surface area contributed by atoms with Crippen LogP contribution < -0.4 is 11.2 Å². The Hall–Kier alpha value is -0.430. The van der Waals surface area contributed by atoms with E-state index in [4.69, 9.17) is 5.73 Å². The van der Waals surface area contributed by atoms with Gasteiger partial charge in [0.1, 0.15) is 0 Å². The number of carbonyl (C=O) groups excluding carboxylic acids is 1. The van der Waals surface area contributed by atoms with Crippen molar-refractivity contribution in [2.45, 2.75) is 12.5 Å². The molecule has 0 radical (unpaired) electrons. The van der Waals surface area contributed by atoms with Crippen molar-refractivity contribution in [3.05, 3.63) is 20.8 Å². The lowest BCUT2D eigenvalue weighted by Crippen LogP contribution is -2.37. The van der Waals surface area contributed by atoms with Crippen molar-refractivity contribution in [1.82, 2.24) is 10.4 Å². The molecule has 3 N–H and O–H groups in total. The zero-order valence-corrected chi connectivity index (χ0v) is 11.1. The van der Waals surface area contributed by atoms with Crippen LogP contribution in [0.4, 0.5) is 0 Å². The maximum Gasteiger partial charge on any atom is 0.236 e. The highest BCUT2D eigenvalue weighted by atomic mass is 79.9. The average Bonchev–Trinajstić information content (AvgIpc) is 2.49. The Balaban J connectivity index is 2.48. The molecule has 0 bridgehead atoms. The van der Waals surface area contributed by atoms with Gasteiger partial charge in [-0.25, -0.2) is 5.01 Å². The molecule has 1 atom stereocenters. The minimum Gasteiger partial charge on any atom is -0.323 e. The first-order chi connectivity index (χ1) is 6.99. The maximum atomic E-state index is 11.4. The van der Waals surface area contributed by atoms with Crippen LogP contribution in [0.25, 0.3) is 0 Å². The van der Waals surface area contributed by atoms with Gasteiger partial charge in [0.15, 0.2) is 0 Å². The summed E-state index contributed by atoms with van der Waals surface area (Å²) in [4.78, 5) is 12.4. The van der Waals surface area contributed by atoms with E-state index in [0.717, 1.165) is 9.35 Å². The third-order valence-corrected chi connectivity index (χ3v) is 3.53. The topological polar surface area (TPSA) is 58.4 Å². The van der Waals surface area contributed by atoms with Gasteiger partial charge in [-0.05, 0) is 22.0 Å². The summed E-state index contributed by atoms with van der Waals surface area (Å²) < 4.78 is 1.01. The molecule has 0 aliphatic rings. The van der Waals surface area contributed by atoms with Crippen LogP contribution in [-0.4, -0.2) is 25.0 Å². The van der Waals surface area contributed by atoms with E-state index in [-0.39, 0.29) is 11.9 Å². The highest BCUT2D eigenvalue weighted by Crippen LogP contribution is 2.25. The molecule has 0 aliphatic carbocycles. The van der Waals surface area contributed by atoms with Gasteiger partial charge in [-0.2, -0.15) is 0 Å². The molecule has 1 aromatic rings. The monoisotopic (exact) mass is 291 g/mol. The lowest BCUT2D eigenvalue weighted by Gasteiger charge is -2.14. The van der Waals surface area contributed by atoms with Crippen LogP contribution in [0.1, 0.15) is 17.3 Å². The number of nitrogens with one attached hydrogen (secondary N) is 1. The fourth-order valence-electron chi connectivity index (χ4n) is 1.12. The van der Waals surface area contributed by atoms with Crippen LogP contribution in [0.15, 0.2) is 15.9 Å². The molecule has 6 heteroatoms. The number of thiophene rings is 1. The molecule has 1 unspecified atom stereocenters. The summed E-state index contributed by atoms with van der Waals surface area (Å²) in [6, 6.07) is 1.71. The van der Waals surface area contributed by atoms with E-state index in [1.165, 1.54) is 0 Å². The van der Waals surface area contributed by atoms with E-state index >= 15 is 0 Å². The number of rotatable bonds is 4. The first-order valence-electron chi connectivity index (χ1n) is 4.45. The second-order valence-corrected chi connectivity index (χ2v) is 5.27. The number of hydrogen-bond donors (Lipinski definition) is 2. The van der Waals surface area contributed by atoms with Crippen LogP contribution in [0.3, 0.4) is 0 Å². The summed E-state index contributed by atoms with van der Waals surface area (Å²) in [5.41, 5.74) is 8.55. The molecule has 1 amide bonds. The van der Waals surface area contributed by atoms with Gasteiger partial charge in [0.25, 0.3) is 0 Å². The molecule has 0 aliphatic heterocycles. The standard InChI is InChI=1S/C9H14BrN3OS/c1-13(2)12-9(14)4-7(11)8-3-6(10)5-15-8/h3,5,7H,4,11H2,1-2H3,(H,12,14). The smallest absolute Gasteiger partial charge is 0.236 e. The SMILES string of the molecule is CN(C)NC(=O)CC(N)c1cc(Br)cs1. The van der Waals surface area contributed by atoms with Crippen molar-refractivity contribution in [1.29, 1.82) is 0 Å². The summed E-state index contributed by atoms with van der Waals surface area (Å²) in [6.45, 7) is 0. The van der Waals surface area contributed by atoms with Crippen molar-refractivity contribution in [2.24, 2.45) is 5.73 Å². The van der Waals surface area contributed by atoms with Gasteiger partial charge in [-0.15, -0.1) is 11.3 Å². The number of amides is 1. The van der Waals surface area contributed by atoms with Gasteiger partial charge in [0.05, 0.1) is 0 Å². The van der Waals surface area contributed by atoms with E-state index in [9.17, 15) is 4.79 Å². The zero-order valence-electron chi connectivity index (χ0n) is 8.66. The van der Waals surface area contributed by atoms with Gasteiger partial charge in [-0.1, -0.05) is 0 Å². The molecular formula is C9H14BrN3OS. The van der Waals surface area contributed by atoms with Crippen molar-refractivity contribution in [2.75, 3.05) is 14.1 Å². The summed E-state index contributed by atoms with van der Waals surface area (Å²) >= 11 is 4.91. The fourth-order valence-corrected chi connectivity index (χ4v) is 2.57. The van der Waals surface area contributed by atoms with E-state index in [1.807, 2.05) is 11.4 Å². The van der Waals surface area contributed by atoms with Crippen LogP contribution in [0.5, 0.6) is 0 Å². The van der Waals surface area contributed by atoms with Crippen molar-refractivity contribution < 1.29 is 4.79 Å². The third-order valence-electron chi connectivity index (χ3n) is 1.71. The third kappa shape index (κ3) is 4.29. The number of hydrogen-bond acceptors (Lipinski definition) is 4. The van der Waals surface area contributed by atoms with Gasteiger partial charge in [-0.3, -0.25) is 10.2 Å². The van der Waals surface area contributed by atoms with E-state index in [2.05, 4.69) is 21.4 Å². The molecule has 0 spiro atoms. The number of hydrazine groups is 1. The molecule has 1 aromatic heterocycles. The van der Waals surface area contributed by atoms with Crippen molar-refractivity contribution >= 4 is 33.2 Å². The Morgan fingerprint density at radius 2 is 2.40 bits per heavy atom. The summed E-state index contributed by atoms with van der Waals surface area (Å²) in [5.74, 6) is -0.0722. The van der Waals surface area contributed by atoms with Crippen LogP contribution in [0, 0.1) is 0 Å². The highest BCUT2D eigenvalue weighted by molar-refractivity contribution is 9.10. The largest absolute Gasteiger partial charge is 0.323 e. The summed E-state index contributed by atoms with van der Waals surface area (Å²) in [6.07, 6.45) is 0.297. The molecule has 1 rings (SSSR count). The van der Waals surface area contributed by atoms with Gasteiger partial charge >= 0.3 is 0 Å². The quantitative estimate of drug-likeness (QED) is 0.827. The summed E-state index contributed by atoms with van der Waals surface area (Å²) in [7, 11) is 3.54. The zero-order chi connectivity index (χ0) is 11.4. The normalized spacial score (nSPS) is 12.9. The molecule has 0 aromatic carbocycles. The van der Waals surface area contributed by atoms with Gasteiger partial charge in [0, 0.05) is 41.3 Å². The summed E-state index contributed by atoms with van der Waals surface area (Å²) in [5, 5.41) is 3.57. The Kier molecular flexibility index (Phi) is 4.72. The average molecular weight is 292 g/mol. The maximum absolute atomic E-state index is 11.4. The fraction of sp³-hybridized carbons (Fsp3) is 0.444. The molecule has 0 fully saturated rings. The molecular weight excluding hydrogens is 278 g/mol. The van der Waals surface area contributed by atoms with Crippen molar-refractivity contribution in [3.63, 3.8) is 0 Å². The van der Waals surface area contributed by atoms with E-state index in [0.29, 0.717) is 6.42 Å². The molecule has 0 saturated heterocycles. The number of nitrogens with zero attached hydrogens (tertiary/aromatic N) is 1. The molecule has 0 saturated carbocycles. The second kappa shape index (κ2) is 5.60. The Morgan fingerprint density at radius 1 is 1.73 bits per heavy atom. The van der Waals surface area contributed by atoms with E-state index in [1.54, 1.807) is 30.4 Å². The number of halogens is 1. The Bertz CT molecular complexity index is 340. The first kappa shape index (κ1) is 12.6. The molecule has 1 heterocycles. The van der Waals surface area contributed by atoms with Gasteiger partial charge < -0.3 is 5.73 Å². The molecule has 84 valence electrons. The minimum absolute atomic E-state index is 0.0722. The second-order valence-electron chi connectivity index (χ2n) is 3.41. The van der Waals surface area contributed by atoms with Crippen LogP contribution >= 0.6 is 27.3 Å². The van der Waals surface area contributed by atoms with E-state index < -0.39 is 0 Å². The first-order valence-corrected chi connectivity index (χ1v) is 6.12. The van der Waals surface area contributed by atoms with Crippen molar-refractivity contribution in [3.8, 4) is 0 Å². The van der Waals surface area contributed by atoms with Gasteiger partial charge in [0.2, 0.25) is 5.91 Å². The molecule has 15 heavy (non-hydrogen) atoms. The molecule has 4 nitrogen and oxygen atoms in total. The van der Waals surface area contributed by atoms with Crippen LogP contribution in [-0.2, 0) is 4.79 Å². The van der Waals surface area contributed by atoms with Crippen LogP contribution in [0.2, 0.25) is 0 Å². The number of carbonyl (C=O) groups is 1. The predicted molar refractivity (Wildman–Crippen MR) is 65.4 cm³/mol. The Labute approximate surface area is 102 Å². The minimum atomic E-state index is -0.235. The Morgan fingerprint density at radius 3 is 2.87 bits per heavy atom.